The number of hydrogen-bond donors (Lipinski definition) is 2. The highest BCUT2D eigenvalue weighted by Gasteiger charge is 2.39. The average molecular weight is 365 g/mol. The average Bonchev–Trinajstić information content (AvgIpc) is 2.55. The molecule has 1 aromatic heterocycles. The van der Waals surface area contributed by atoms with Gasteiger partial charge in [0.05, 0.1) is 16.7 Å². The van der Waals surface area contributed by atoms with E-state index in [-0.39, 0.29) is 29.4 Å². The van der Waals surface area contributed by atoms with Gasteiger partial charge >= 0.3 is 0 Å². The zero-order valence-corrected chi connectivity index (χ0v) is 14.6. The van der Waals surface area contributed by atoms with E-state index in [0.29, 0.717) is 30.3 Å². The summed E-state index contributed by atoms with van der Waals surface area (Å²) in [4.78, 5) is 24.7. The highest BCUT2D eigenvalue weighted by molar-refractivity contribution is 5.85. The van der Waals surface area contributed by atoms with Gasteiger partial charge in [0.2, 0.25) is 5.91 Å². The van der Waals surface area contributed by atoms with Crippen LogP contribution in [0.15, 0.2) is 23.0 Å². The number of nitrogens with zero attached hydrogens (tertiary/aromatic N) is 2. The van der Waals surface area contributed by atoms with Crippen molar-refractivity contribution in [2.24, 2.45) is 0 Å². The highest BCUT2D eigenvalue weighted by Crippen LogP contribution is 2.31. The Morgan fingerprint density at radius 3 is 2.69 bits per heavy atom. The molecule has 1 amide bonds. The fraction of sp³-hybridized carbons (Fsp3) is 0.500. The molecule has 2 aromatic rings. The molecule has 1 aliphatic carbocycles. The van der Waals surface area contributed by atoms with Crippen LogP contribution in [-0.4, -0.2) is 32.4 Å². The van der Waals surface area contributed by atoms with Gasteiger partial charge in [-0.05, 0) is 38.3 Å². The van der Waals surface area contributed by atoms with Crippen molar-refractivity contribution in [1.82, 2.24) is 15.1 Å². The highest BCUT2D eigenvalue weighted by atomic mass is 19.3. The molecule has 0 bridgehead atoms. The molecule has 0 spiro atoms. The summed E-state index contributed by atoms with van der Waals surface area (Å²) >= 11 is 0. The normalized spacial score (nSPS) is 22.5. The van der Waals surface area contributed by atoms with Crippen molar-refractivity contribution in [3.63, 3.8) is 0 Å². The van der Waals surface area contributed by atoms with Crippen LogP contribution in [0.1, 0.15) is 44.4 Å². The number of rotatable bonds is 5. The molecule has 0 atom stereocenters. The molecule has 0 unspecified atom stereocenters. The van der Waals surface area contributed by atoms with E-state index in [0.717, 1.165) is 4.68 Å². The molecule has 1 saturated carbocycles. The zero-order valence-electron chi connectivity index (χ0n) is 14.6. The first kappa shape index (κ1) is 18.4. The van der Waals surface area contributed by atoms with Crippen LogP contribution in [0.4, 0.5) is 8.78 Å². The fourth-order valence-corrected chi connectivity index (χ4v) is 3.39. The Kier molecular flexibility index (Phi) is 4.79. The van der Waals surface area contributed by atoms with Crippen molar-refractivity contribution < 1.29 is 18.7 Å². The number of aliphatic hydroxyl groups is 1. The molecule has 1 aliphatic rings. The minimum absolute atomic E-state index is 0.118. The van der Waals surface area contributed by atoms with Crippen LogP contribution in [0.5, 0.6) is 0 Å². The van der Waals surface area contributed by atoms with Gasteiger partial charge in [0.15, 0.2) is 0 Å². The summed E-state index contributed by atoms with van der Waals surface area (Å²) in [7, 11) is 0. The van der Waals surface area contributed by atoms with Crippen LogP contribution in [0.3, 0.4) is 0 Å². The summed E-state index contributed by atoms with van der Waals surface area (Å²) < 4.78 is 26.9. The monoisotopic (exact) mass is 365 g/mol. The Labute approximate surface area is 148 Å². The minimum atomic E-state index is -2.63. The smallest absolute Gasteiger partial charge is 0.275 e. The van der Waals surface area contributed by atoms with Crippen molar-refractivity contribution in [2.75, 3.05) is 0 Å². The first-order valence-corrected chi connectivity index (χ1v) is 8.53. The van der Waals surface area contributed by atoms with Crippen molar-refractivity contribution >= 4 is 16.7 Å². The lowest BCUT2D eigenvalue weighted by atomic mass is 9.77. The molecule has 3 rings (SSSR count). The van der Waals surface area contributed by atoms with E-state index in [9.17, 15) is 23.5 Å². The molecule has 2 N–H and O–H groups in total. The van der Waals surface area contributed by atoms with Gasteiger partial charge in [-0.2, -0.15) is 5.10 Å². The van der Waals surface area contributed by atoms with Gasteiger partial charge in [-0.3, -0.25) is 9.59 Å². The van der Waals surface area contributed by atoms with Crippen molar-refractivity contribution in [3.8, 4) is 0 Å². The molecule has 1 heterocycles. The number of hydrogen-bond acceptors (Lipinski definition) is 4. The first-order valence-electron chi connectivity index (χ1n) is 8.53. The van der Waals surface area contributed by atoms with Gasteiger partial charge in [-0.15, -0.1) is 0 Å². The fourth-order valence-electron chi connectivity index (χ4n) is 3.39. The molecule has 6 nitrogen and oxygen atoms in total. The second-order valence-corrected chi connectivity index (χ2v) is 7.04. The third kappa shape index (κ3) is 3.60. The molecule has 1 aromatic carbocycles. The number of carbonyl (C=O) groups excluding carboxylic acids is 1. The molecule has 140 valence electrons. The number of aryl methyl sites for hydroxylation is 1. The van der Waals surface area contributed by atoms with Crippen LogP contribution >= 0.6 is 0 Å². The summed E-state index contributed by atoms with van der Waals surface area (Å²) in [6.45, 7) is 3.26. The number of fused-ring (bicyclic) bond motifs is 1. The standard InChI is InChI=1S/C18H21F2N3O3/c1-3-14-13-6-10(16(19)20)4-5-12(13)17(25)23(22-14)9-15(24)21-11-7-18(2,26)8-11/h4-6,11,16,26H,3,7-9H2,1-2H3,(H,21,24)/t11-,18+. The van der Waals surface area contributed by atoms with Gasteiger partial charge in [-0.1, -0.05) is 13.0 Å². The largest absolute Gasteiger partial charge is 0.390 e. The molecule has 8 heteroatoms. The van der Waals surface area contributed by atoms with E-state index in [4.69, 9.17) is 0 Å². The lowest BCUT2D eigenvalue weighted by molar-refractivity contribution is -0.125. The minimum Gasteiger partial charge on any atom is -0.390 e. The lowest BCUT2D eigenvalue weighted by Gasteiger charge is -2.41. The van der Waals surface area contributed by atoms with Crippen molar-refractivity contribution in [1.29, 1.82) is 0 Å². The third-order valence-corrected chi connectivity index (χ3v) is 4.68. The van der Waals surface area contributed by atoms with E-state index in [1.54, 1.807) is 6.92 Å². The zero-order chi connectivity index (χ0) is 19.1. The van der Waals surface area contributed by atoms with Crippen LogP contribution < -0.4 is 10.9 Å². The molecule has 0 saturated heterocycles. The van der Waals surface area contributed by atoms with Crippen molar-refractivity contribution in [3.05, 3.63) is 39.8 Å². The summed E-state index contributed by atoms with van der Waals surface area (Å²) in [5.74, 6) is -0.370. The second-order valence-electron chi connectivity index (χ2n) is 7.04. The van der Waals surface area contributed by atoms with Gasteiger partial charge in [0.25, 0.3) is 12.0 Å². The van der Waals surface area contributed by atoms with Gasteiger partial charge in [-0.25, -0.2) is 13.5 Å². The molecule has 0 radical (unpaired) electrons. The maximum absolute atomic E-state index is 12.9. The Hall–Kier alpha value is -2.35. The summed E-state index contributed by atoms with van der Waals surface area (Å²) in [6, 6.07) is 3.74. The van der Waals surface area contributed by atoms with E-state index in [1.165, 1.54) is 18.2 Å². The number of alkyl halides is 2. The van der Waals surface area contributed by atoms with Crippen LogP contribution in [0.25, 0.3) is 10.8 Å². The SMILES string of the molecule is CCc1nn(CC(=O)N[C@H]2C[C@@](C)(O)C2)c(=O)c2ccc(C(F)F)cc12. The number of carbonyl (C=O) groups is 1. The number of nitrogens with one attached hydrogen (secondary N) is 1. The molecule has 26 heavy (non-hydrogen) atoms. The maximum atomic E-state index is 12.9. The Balaban J connectivity index is 1.87. The number of amides is 1. The number of halogens is 2. The first-order chi connectivity index (χ1) is 12.2. The Morgan fingerprint density at radius 1 is 1.42 bits per heavy atom. The van der Waals surface area contributed by atoms with E-state index >= 15 is 0 Å². The molecular formula is C18H21F2N3O3. The number of aromatic nitrogens is 2. The van der Waals surface area contributed by atoms with Gasteiger partial charge in [0.1, 0.15) is 6.54 Å². The third-order valence-electron chi connectivity index (χ3n) is 4.68. The second kappa shape index (κ2) is 6.75. The summed E-state index contributed by atoms with van der Waals surface area (Å²) in [5.41, 5.74) is -0.926. The lowest BCUT2D eigenvalue weighted by Crippen LogP contribution is -2.54. The van der Waals surface area contributed by atoms with Crippen LogP contribution in [0.2, 0.25) is 0 Å². The quantitative estimate of drug-likeness (QED) is 0.848. The molecule has 1 fully saturated rings. The van der Waals surface area contributed by atoms with Crippen LogP contribution in [0, 0.1) is 0 Å². The predicted molar refractivity (Wildman–Crippen MR) is 92.1 cm³/mol. The molecule has 0 aliphatic heterocycles. The predicted octanol–water partition coefficient (Wildman–Crippen LogP) is 1.93. The Morgan fingerprint density at radius 2 is 2.12 bits per heavy atom. The van der Waals surface area contributed by atoms with Gasteiger partial charge < -0.3 is 10.4 Å². The summed E-state index contributed by atoms with van der Waals surface area (Å²) in [5, 5.41) is 17.3. The topological polar surface area (TPSA) is 84.2 Å². The molecular weight excluding hydrogens is 344 g/mol. The Bertz CT molecular complexity index is 900. The van der Waals surface area contributed by atoms with Gasteiger partial charge in [0, 0.05) is 17.0 Å². The van der Waals surface area contributed by atoms with E-state index < -0.39 is 17.6 Å². The van der Waals surface area contributed by atoms with Crippen molar-refractivity contribution in [2.45, 2.75) is 57.7 Å². The van der Waals surface area contributed by atoms with E-state index in [1.807, 2.05) is 6.92 Å². The number of benzene rings is 1. The van der Waals surface area contributed by atoms with Crippen LogP contribution in [-0.2, 0) is 17.8 Å². The summed E-state index contributed by atoms with van der Waals surface area (Å²) in [6.07, 6.45) is -1.25. The maximum Gasteiger partial charge on any atom is 0.275 e. The van der Waals surface area contributed by atoms with E-state index in [2.05, 4.69) is 10.4 Å².